The van der Waals surface area contributed by atoms with E-state index in [9.17, 15) is 26.4 Å². The Kier molecular flexibility index (Phi) is 4.87. The van der Waals surface area contributed by atoms with Gasteiger partial charge in [-0.2, -0.15) is 26.9 Å². The van der Waals surface area contributed by atoms with Gasteiger partial charge in [0.1, 0.15) is 17.1 Å². The Bertz CT molecular complexity index is 1260. The average molecular weight is 409 g/mol. The number of rotatable bonds is 4. The molecule has 28 heavy (non-hydrogen) atoms. The molecule has 0 bridgehead atoms. The van der Waals surface area contributed by atoms with Gasteiger partial charge in [0.05, 0.1) is 17.2 Å². The van der Waals surface area contributed by atoms with Crippen molar-refractivity contribution in [1.29, 1.82) is 5.26 Å². The highest BCUT2D eigenvalue weighted by Gasteiger charge is 2.34. The van der Waals surface area contributed by atoms with Gasteiger partial charge in [-0.1, -0.05) is 12.1 Å². The molecule has 0 fully saturated rings. The van der Waals surface area contributed by atoms with Crippen molar-refractivity contribution in [3.8, 4) is 11.8 Å². The molecule has 1 heterocycles. The van der Waals surface area contributed by atoms with E-state index in [1.54, 1.807) is 0 Å². The van der Waals surface area contributed by atoms with Crippen molar-refractivity contribution in [3.05, 3.63) is 75.6 Å². The third kappa shape index (κ3) is 4.32. The van der Waals surface area contributed by atoms with Gasteiger partial charge >= 0.3 is 21.9 Å². The van der Waals surface area contributed by atoms with Crippen LogP contribution in [-0.2, 0) is 22.0 Å². The highest BCUT2D eigenvalue weighted by Crippen LogP contribution is 2.35. The van der Waals surface area contributed by atoms with Gasteiger partial charge in [0, 0.05) is 17.5 Å². The molecular weight excluding hydrogens is 399 g/mol. The number of halogens is 3. The minimum Gasteiger partial charge on any atom is -0.423 e. The van der Waals surface area contributed by atoms with E-state index in [2.05, 4.69) is 0 Å². The summed E-state index contributed by atoms with van der Waals surface area (Å²) >= 11 is 0. The van der Waals surface area contributed by atoms with Crippen LogP contribution in [0.4, 0.5) is 13.2 Å². The van der Waals surface area contributed by atoms with E-state index in [0.29, 0.717) is 11.6 Å². The molecule has 0 aliphatic heterocycles. The summed E-state index contributed by atoms with van der Waals surface area (Å²) in [4.78, 5) is 11.4. The van der Waals surface area contributed by atoms with Crippen LogP contribution in [0.25, 0.3) is 11.0 Å². The van der Waals surface area contributed by atoms with Crippen molar-refractivity contribution in [2.75, 3.05) is 0 Å². The quantitative estimate of drug-likeness (QED) is 0.483. The average Bonchev–Trinajstić information content (AvgIpc) is 2.59. The molecule has 0 aliphatic rings. The lowest BCUT2D eigenvalue weighted by Gasteiger charge is -2.11. The lowest BCUT2D eigenvalue weighted by Crippen LogP contribution is -2.13. The van der Waals surface area contributed by atoms with Crippen LogP contribution in [0, 0.1) is 11.3 Å². The molecule has 0 unspecified atom stereocenters. The first-order chi connectivity index (χ1) is 13.1. The van der Waals surface area contributed by atoms with Crippen LogP contribution >= 0.6 is 0 Å². The van der Waals surface area contributed by atoms with Gasteiger partial charge in [0.25, 0.3) is 0 Å². The number of nitriles is 1. The molecule has 144 valence electrons. The van der Waals surface area contributed by atoms with E-state index < -0.39 is 44.2 Å². The van der Waals surface area contributed by atoms with E-state index in [0.717, 1.165) is 18.2 Å². The molecule has 0 radical (unpaired) electrons. The summed E-state index contributed by atoms with van der Waals surface area (Å²) in [5, 5.41) is 8.45. The molecular formula is C18H10F3NO5S. The SMILES string of the molecule is N#Cc1cccc(CS(=O)(=O)Oc2ccc3c(C(F)(F)F)cc(=O)oc3c2)c1. The third-order valence-corrected chi connectivity index (χ3v) is 4.78. The second kappa shape index (κ2) is 7.01. The summed E-state index contributed by atoms with van der Waals surface area (Å²) in [6.45, 7) is 0. The van der Waals surface area contributed by atoms with Crippen molar-refractivity contribution in [2.45, 2.75) is 11.9 Å². The summed E-state index contributed by atoms with van der Waals surface area (Å²) < 4.78 is 73.2. The van der Waals surface area contributed by atoms with Crippen LogP contribution in [0.5, 0.6) is 5.75 Å². The molecule has 0 spiro atoms. The van der Waals surface area contributed by atoms with Gasteiger partial charge in [-0.15, -0.1) is 0 Å². The van der Waals surface area contributed by atoms with Crippen LogP contribution in [0.1, 0.15) is 16.7 Å². The predicted molar refractivity (Wildman–Crippen MR) is 91.9 cm³/mol. The number of alkyl halides is 3. The number of benzene rings is 2. The van der Waals surface area contributed by atoms with Crippen LogP contribution in [0.3, 0.4) is 0 Å². The zero-order chi connectivity index (χ0) is 20.5. The third-order valence-electron chi connectivity index (χ3n) is 3.64. The van der Waals surface area contributed by atoms with Crippen molar-refractivity contribution >= 4 is 21.1 Å². The molecule has 6 nitrogen and oxygen atoms in total. The first-order valence-corrected chi connectivity index (χ1v) is 9.21. The van der Waals surface area contributed by atoms with E-state index >= 15 is 0 Å². The highest BCUT2D eigenvalue weighted by molar-refractivity contribution is 7.86. The summed E-state index contributed by atoms with van der Waals surface area (Å²) in [5.74, 6) is -0.876. The van der Waals surface area contributed by atoms with E-state index in [1.807, 2.05) is 6.07 Å². The summed E-state index contributed by atoms with van der Waals surface area (Å²) in [5.41, 5.74) is -2.32. The number of hydrogen-bond acceptors (Lipinski definition) is 6. The van der Waals surface area contributed by atoms with Crippen LogP contribution in [0.15, 0.2) is 57.7 Å². The second-order valence-corrected chi connectivity index (χ2v) is 7.30. The number of hydrogen-bond donors (Lipinski definition) is 0. The Morgan fingerprint density at radius 2 is 1.86 bits per heavy atom. The first-order valence-electron chi connectivity index (χ1n) is 7.64. The fourth-order valence-electron chi connectivity index (χ4n) is 2.54. The van der Waals surface area contributed by atoms with Crippen molar-refractivity contribution < 1.29 is 30.2 Å². The monoisotopic (exact) mass is 409 g/mol. The molecule has 3 rings (SSSR count). The fraction of sp³-hybridized carbons (Fsp3) is 0.111. The van der Waals surface area contributed by atoms with Crippen molar-refractivity contribution in [2.24, 2.45) is 0 Å². The molecule has 2 aromatic carbocycles. The van der Waals surface area contributed by atoms with Crippen molar-refractivity contribution in [1.82, 2.24) is 0 Å². The van der Waals surface area contributed by atoms with Gasteiger partial charge in [0.2, 0.25) is 0 Å². The maximum atomic E-state index is 13.0. The Morgan fingerprint density at radius 1 is 1.11 bits per heavy atom. The van der Waals surface area contributed by atoms with Gasteiger partial charge in [-0.25, -0.2) is 4.79 Å². The van der Waals surface area contributed by atoms with Crippen LogP contribution < -0.4 is 9.81 Å². The lowest BCUT2D eigenvalue weighted by molar-refractivity contribution is -0.136. The Hall–Kier alpha value is -3.32. The molecule has 3 aromatic rings. The largest absolute Gasteiger partial charge is 0.423 e. The van der Waals surface area contributed by atoms with Crippen LogP contribution in [0.2, 0.25) is 0 Å². The smallest absolute Gasteiger partial charge is 0.417 e. The van der Waals surface area contributed by atoms with Gasteiger partial charge < -0.3 is 8.60 Å². The molecule has 0 atom stereocenters. The molecule has 0 amide bonds. The normalized spacial score (nSPS) is 11.9. The molecule has 1 aromatic heterocycles. The Balaban J connectivity index is 1.94. The lowest BCUT2D eigenvalue weighted by atomic mass is 10.1. The minimum atomic E-state index is -4.78. The maximum Gasteiger partial charge on any atom is 0.417 e. The van der Waals surface area contributed by atoms with Gasteiger partial charge in [-0.05, 0) is 29.8 Å². The van der Waals surface area contributed by atoms with Crippen LogP contribution in [-0.4, -0.2) is 8.42 Å². The predicted octanol–water partition coefficient (Wildman–Crippen LogP) is 3.59. The van der Waals surface area contributed by atoms with E-state index in [1.165, 1.54) is 24.3 Å². The summed E-state index contributed by atoms with van der Waals surface area (Å²) in [6, 6.07) is 10.9. The standard InChI is InChI=1S/C18H10F3NO5S/c19-18(20,21)15-8-17(23)26-16-7-13(4-5-14(15)16)27-28(24,25)10-12-3-1-2-11(6-12)9-22/h1-8H,10H2. The molecule has 0 saturated heterocycles. The minimum absolute atomic E-state index is 0.264. The molecule has 0 N–H and O–H groups in total. The second-order valence-electron chi connectivity index (χ2n) is 5.73. The molecule has 10 heteroatoms. The number of fused-ring (bicyclic) bond motifs is 1. The zero-order valence-electron chi connectivity index (χ0n) is 13.9. The Morgan fingerprint density at radius 3 is 2.54 bits per heavy atom. The summed E-state index contributed by atoms with van der Waals surface area (Å²) in [6.07, 6.45) is -4.78. The molecule has 0 saturated carbocycles. The summed E-state index contributed by atoms with van der Waals surface area (Å²) in [7, 11) is -4.18. The van der Waals surface area contributed by atoms with E-state index in [-0.39, 0.29) is 11.3 Å². The van der Waals surface area contributed by atoms with Crippen molar-refractivity contribution in [3.63, 3.8) is 0 Å². The Labute approximate surface area is 156 Å². The first kappa shape index (κ1) is 19.4. The number of nitrogens with zero attached hydrogens (tertiary/aromatic N) is 1. The maximum absolute atomic E-state index is 13.0. The van der Waals surface area contributed by atoms with Gasteiger partial charge in [-0.3, -0.25) is 0 Å². The zero-order valence-corrected chi connectivity index (χ0v) is 14.7. The molecule has 0 aliphatic carbocycles. The van der Waals surface area contributed by atoms with Gasteiger partial charge in [0.15, 0.2) is 0 Å². The van der Waals surface area contributed by atoms with E-state index in [4.69, 9.17) is 13.9 Å². The fourth-order valence-corrected chi connectivity index (χ4v) is 3.58. The highest BCUT2D eigenvalue weighted by atomic mass is 32.2. The topological polar surface area (TPSA) is 97.4 Å².